The van der Waals surface area contributed by atoms with Crippen molar-refractivity contribution in [1.29, 1.82) is 0 Å². The van der Waals surface area contributed by atoms with Gasteiger partial charge < -0.3 is 5.11 Å². The maximum Gasteiger partial charge on any atom is 0.303 e. The predicted molar refractivity (Wildman–Crippen MR) is 142 cm³/mol. The molecule has 0 aromatic rings. The molecule has 0 saturated heterocycles. The summed E-state index contributed by atoms with van der Waals surface area (Å²) in [7, 11) is 0. The van der Waals surface area contributed by atoms with Crippen LogP contribution in [0.25, 0.3) is 0 Å². The van der Waals surface area contributed by atoms with Crippen molar-refractivity contribution in [3.63, 3.8) is 0 Å². The van der Waals surface area contributed by atoms with Crippen LogP contribution in [0.2, 0.25) is 0 Å². The molecule has 0 atom stereocenters. The number of carbonyl (C=O) groups is 1. The Kier molecular flexibility index (Phi) is 27.5. The molecule has 0 aliphatic rings. The second-order valence-electron chi connectivity index (χ2n) is 9.97. The normalized spacial score (nSPS) is 11.5. The first-order chi connectivity index (χ1) is 15.8. The zero-order valence-corrected chi connectivity index (χ0v) is 21.9. The van der Waals surface area contributed by atoms with E-state index in [4.69, 9.17) is 5.11 Å². The minimum Gasteiger partial charge on any atom is -0.481 e. The third-order valence-corrected chi connectivity index (χ3v) is 6.65. The lowest BCUT2D eigenvalue weighted by atomic mass is 10.0. The van der Waals surface area contributed by atoms with Gasteiger partial charge in [0, 0.05) is 6.42 Å². The molecule has 1 N–H and O–H groups in total. The number of carboxylic acids is 1. The van der Waals surface area contributed by atoms with Gasteiger partial charge in [0.05, 0.1) is 0 Å². The first-order valence-electron chi connectivity index (χ1n) is 14.6. The van der Waals surface area contributed by atoms with Gasteiger partial charge in [-0.05, 0) is 32.1 Å². The van der Waals surface area contributed by atoms with Gasteiger partial charge in [-0.2, -0.15) is 0 Å². The van der Waals surface area contributed by atoms with Crippen LogP contribution in [0, 0.1) is 0 Å². The average molecular weight is 451 g/mol. The summed E-state index contributed by atoms with van der Waals surface area (Å²) in [6.45, 7) is 2.29. The molecule has 0 rings (SSSR count). The molecule has 0 amide bonds. The zero-order valence-electron chi connectivity index (χ0n) is 21.9. The summed E-state index contributed by atoms with van der Waals surface area (Å²) in [6.07, 6.45) is 39.0. The molecule has 0 unspecified atom stereocenters. The number of unbranched alkanes of at least 4 members (excludes halogenated alkanes) is 23. The van der Waals surface area contributed by atoms with E-state index in [1.54, 1.807) is 0 Å². The minimum absolute atomic E-state index is 0.342. The fraction of sp³-hybridized carbons (Fsp3) is 0.900. The molecule has 0 aliphatic carbocycles. The molecule has 0 aliphatic heterocycles. The summed E-state index contributed by atoms with van der Waals surface area (Å²) in [5.74, 6) is -0.653. The monoisotopic (exact) mass is 450 g/mol. The van der Waals surface area contributed by atoms with E-state index in [2.05, 4.69) is 19.1 Å². The largest absolute Gasteiger partial charge is 0.481 e. The molecule has 2 heteroatoms. The fourth-order valence-corrected chi connectivity index (χ4v) is 4.47. The van der Waals surface area contributed by atoms with E-state index < -0.39 is 5.97 Å². The van der Waals surface area contributed by atoms with Gasteiger partial charge >= 0.3 is 5.97 Å². The van der Waals surface area contributed by atoms with E-state index in [0.717, 1.165) is 12.8 Å². The van der Waals surface area contributed by atoms with Crippen LogP contribution in [0.1, 0.15) is 174 Å². The molecule has 0 bridgehead atoms. The van der Waals surface area contributed by atoms with Crippen molar-refractivity contribution < 1.29 is 9.90 Å². The summed E-state index contributed by atoms with van der Waals surface area (Å²) in [6, 6.07) is 0. The van der Waals surface area contributed by atoms with Gasteiger partial charge in [-0.15, -0.1) is 0 Å². The highest BCUT2D eigenvalue weighted by atomic mass is 16.4. The standard InChI is InChI=1S/C30H58O2/c1-2-3-4-5-6-7-8-9-10-11-12-13-14-15-16-17-18-19-20-21-22-23-24-25-26-27-28-29-30(31)32/h15-16H,2-14,17-29H2,1H3,(H,31,32)/b16-15-. The van der Waals surface area contributed by atoms with Crippen molar-refractivity contribution in [3.05, 3.63) is 12.2 Å². The maximum atomic E-state index is 10.4. The lowest BCUT2D eigenvalue weighted by Crippen LogP contribution is -1.93. The number of rotatable bonds is 27. The number of carboxylic acid groups (broad SMARTS) is 1. The molecule has 0 aromatic carbocycles. The van der Waals surface area contributed by atoms with Gasteiger partial charge in [0.25, 0.3) is 0 Å². The third kappa shape index (κ3) is 29.2. The second-order valence-corrected chi connectivity index (χ2v) is 9.97. The quantitative estimate of drug-likeness (QED) is 0.0997. The fourth-order valence-electron chi connectivity index (χ4n) is 4.47. The Morgan fingerprint density at radius 3 is 1.06 bits per heavy atom. The van der Waals surface area contributed by atoms with Crippen molar-refractivity contribution in [3.8, 4) is 0 Å². The van der Waals surface area contributed by atoms with Gasteiger partial charge in [-0.1, -0.05) is 147 Å². The Bertz CT molecular complexity index is 388. The van der Waals surface area contributed by atoms with Gasteiger partial charge in [-0.25, -0.2) is 0 Å². The smallest absolute Gasteiger partial charge is 0.303 e. The van der Waals surface area contributed by atoms with Crippen molar-refractivity contribution in [2.75, 3.05) is 0 Å². The third-order valence-electron chi connectivity index (χ3n) is 6.65. The highest BCUT2D eigenvalue weighted by Gasteiger charge is 1.97. The second kappa shape index (κ2) is 28.2. The zero-order chi connectivity index (χ0) is 23.4. The van der Waals surface area contributed by atoms with E-state index in [1.807, 2.05) is 0 Å². The van der Waals surface area contributed by atoms with Gasteiger partial charge in [0.2, 0.25) is 0 Å². The molecule has 0 heterocycles. The van der Waals surface area contributed by atoms with Crippen LogP contribution in [0.4, 0.5) is 0 Å². The van der Waals surface area contributed by atoms with Gasteiger partial charge in [-0.3, -0.25) is 4.79 Å². The Hall–Kier alpha value is -0.790. The average Bonchev–Trinajstić information content (AvgIpc) is 2.78. The molecule has 0 aromatic heterocycles. The van der Waals surface area contributed by atoms with Crippen LogP contribution in [0.3, 0.4) is 0 Å². The molecular weight excluding hydrogens is 392 g/mol. The summed E-state index contributed by atoms with van der Waals surface area (Å²) in [4.78, 5) is 10.4. The summed E-state index contributed by atoms with van der Waals surface area (Å²) >= 11 is 0. The van der Waals surface area contributed by atoms with E-state index in [1.165, 1.54) is 148 Å². The molecule has 0 saturated carbocycles. The van der Waals surface area contributed by atoms with Crippen molar-refractivity contribution in [1.82, 2.24) is 0 Å². The Labute approximate surface area is 202 Å². The molecule has 0 fully saturated rings. The summed E-state index contributed by atoms with van der Waals surface area (Å²) < 4.78 is 0. The molecule has 2 nitrogen and oxygen atoms in total. The Balaban J connectivity index is 3.08. The highest BCUT2D eigenvalue weighted by molar-refractivity contribution is 5.66. The van der Waals surface area contributed by atoms with Crippen molar-refractivity contribution in [2.45, 2.75) is 174 Å². The predicted octanol–water partition coefficient (Wildman–Crippen LogP) is 10.8. The SMILES string of the molecule is CCCCCCCCCCCCCC/C=C\CCCCCCCCCCCCCC(=O)O. The van der Waals surface area contributed by atoms with Crippen LogP contribution in [-0.2, 0) is 4.79 Å². The molecule has 0 spiro atoms. The number of hydrogen-bond acceptors (Lipinski definition) is 1. The Morgan fingerprint density at radius 1 is 0.469 bits per heavy atom. The van der Waals surface area contributed by atoms with E-state index in [9.17, 15) is 4.79 Å². The van der Waals surface area contributed by atoms with Gasteiger partial charge in [0.15, 0.2) is 0 Å². The highest BCUT2D eigenvalue weighted by Crippen LogP contribution is 2.14. The first-order valence-corrected chi connectivity index (χ1v) is 14.6. The number of hydrogen-bond donors (Lipinski definition) is 1. The van der Waals surface area contributed by atoms with E-state index in [-0.39, 0.29) is 0 Å². The molecule has 32 heavy (non-hydrogen) atoms. The molecular formula is C30H58O2. The molecule has 0 radical (unpaired) electrons. The maximum absolute atomic E-state index is 10.4. The van der Waals surface area contributed by atoms with Crippen LogP contribution in [-0.4, -0.2) is 11.1 Å². The minimum atomic E-state index is -0.653. The first kappa shape index (κ1) is 31.2. The number of allylic oxidation sites excluding steroid dienone is 2. The summed E-state index contributed by atoms with van der Waals surface area (Å²) in [5.41, 5.74) is 0. The number of aliphatic carboxylic acids is 1. The topological polar surface area (TPSA) is 37.3 Å². The van der Waals surface area contributed by atoms with Crippen molar-refractivity contribution in [2.24, 2.45) is 0 Å². The summed E-state index contributed by atoms with van der Waals surface area (Å²) in [5, 5.41) is 8.60. The van der Waals surface area contributed by atoms with Crippen LogP contribution < -0.4 is 0 Å². The van der Waals surface area contributed by atoms with Crippen molar-refractivity contribution >= 4 is 5.97 Å². The van der Waals surface area contributed by atoms with Gasteiger partial charge in [0.1, 0.15) is 0 Å². The Morgan fingerprint density at radius 2 is 0.750 bits per heavy atom. The molecule has 190 valence electrons. The lowest BCUT2D eigenvalue weighted by Gasteiger charge is -2.02. The van der Waals surface area contributed by atoms with Crippen LogP contribution >= 0.6 is 0 Å². The van der Waals surface area contributed by atoms with Crippen LogP contribution in [0.5, 0.6) is 0 Å². The van der Waals surface area contributed by atoms with Crippen LogP contribution in [0.15, 0.2) is 12.2 Å². The van der Waals surface area contributed by atoms with E-state index in [0.29, 0.717) is 6.42 Å². The van der Waals surface area contributed by atoms with E-state index >= 15 is 0 Å². The lowest BCUT2D eigenvalue weighted by molar-refractivity contribution is -0.137.